The minimum absolute atomic E-state index is 0.0131. The van der Waals surface area contributed by atoms with Crippen molar-refractivity contribution in [2.45, 2.75) is 4.90 Å². The number of hydrogen-bond acceptors (Lipinski definition) is 4. The largest absolute Gasteiger partial charge is 0.307 e. The summed E-state index contributed by atoms with van der Waals surface area (Å²) in [7, 11) is -0.831. The summed E-state index contributed by atoms with van der Waals surface area (Å²) in [6.45, 7) is 0. The monoisotopic (exact) mass is 417 g/mol. The van der Waals surface area contributed by atoms with Gasteiger partial charge in [-0.05, 0) is 46.3 Å². The molecular weight excluding hydrogens is 406 g/mol. The van der Waals surface area contributed by atoms with Gasteiger partial charge in [-0.25, -0.2) is 17.7 Å². The number of carbonyl (C=O) groups excluding carboxylic acids is 1. The van der Waals surface area contributed by atoms with E-state index in [-0.39, 0.29) is 15.5 Å². The van der Waals surface area contributed by atoms with E-state index in [0.717, 1.165) is 8.78 Å². The maximum absolute atomic E-state index is 12.3. The van der Waals surface area contributed by atoms with Crippen LogP contribution in [0.1, 0.15) is 10.4 Å². The number of carbonyl (C=O) groups is 1. The van der Waals surface area contributed by atoms with E-state index in [1.165, 1.54) is 38.5 Å². The van der Waals surface area contributed by atoms with Crippen LogP contribution in [0.4, 0.5) is 5.82 Å². The highest BCUT2D eigenvalue weighted by Crippen LogP contribution is 2.23. The van der Waals surface area contributed by atoms with E-state index >= 15 is 0 Å². The third-order valence-electron chi connectivity index (χ3n) is 2.93. The molecule has 0 fully saturated rings. The van der Waals surface area contributed by atoms with E-state index in [9.17, 15) is 13.2 Å². The van der Waals surface area contributed by atoms with Gasteiger partial charge in [0, 0.05) is 24.8 Å². The van der Waals surface area contributed by atoms with Gasteiger partial charge >= 0.3 is 0 Å². The molecule has 6 nitrogen and oxygen atoms in total. The summed E-state index contributed by atoms with van der Waals surface area (Å²) in [6, 6.07) is 7.30. The molecule has 1 aromatic carbocycles. The van der Waals surface area contributed by atoms with Crippen LogP contribution in [0.5, 0.6) is 0 Å². The zero-order valence-corrected chi connectivity index (χ0v) is 15.4. The van der Waals surface area contributed by atoms with Gasteiger partial charge in [0.05, 0.1) is 15.5 Å². The minimum Gasteiger partial charge on any atom is -0.307 e. The van der Waals surface area contributed by atoms with Crippen LogP contribution in [-0.4, -0.2) is 37.7 Å². The van der Waals surface area contributed by atoms with E-state index < -0.39 is 15.9 Å². The fourth-order valence-corrected chi connectivity index (χ4v) is 3.05. The van der Waals surface area contributed by atoms with Gasteiger partial charge in [0.25, 0.3) is 5.91 Å². The number of nitrogens with one attached hydrogen (secondary N) is 1. The van der Waals surface area contributed by atoms with Crippen molar-refractivity contribution in [1.29, 1.82) is 0 Å². The number of nitrogens with zero attached hydrogens (tertiary/aromatic N) is 2. The van der Waals surface area contributed by atoms with Crippen LogP contribution < -0.4 is 5.32 Å². The van der Waals surface area contributed by atoms with Gasteiger partial charge in [-0.1, -0.05) is 11.6 Å². The minimum atomic E-state index is -3.66. The first-order chi connectivity index (χ1) is 10.7. The zero-order chi connectivity index (χ0) is 17.2. The molecule has 0 radical (unpaired) electrons. The summed E-state index contributed by atoms with van der Waals surface area (Å²) in [5, 5.41) is 2.72. The van der Waals surface area contributed by atoms with E-state index in [1.807, 2.05) is 0 Å². The van der Waals surface area contributed by atoms with Crippen molar-refractivity contribution in [2.24, 2.45) is 0 Å². The smallest absolute Gasteiger partial charge is 0.258 e. The Kier molecular flexibility index (Phi) is 5.41. The predicted octanol–water partition coefficient (Wildman–Crippen LogP) is 3.00. The first-order valence-corrected chi connectivity index (χ1v) is 8.98. The number of pyridine rings is 1. The van der Waals surface area contributed by atoms with Crippen molar-refractivity contribution < 1.29 is 13.2 Å². The molecule has 1 aromatic heterocycles. The second-order valence-electron chi connectivity index (χ2n) is 4.74. The highest BCUT2D eigenvalue weighted by atomic mass is 79.9. The Morgan fingerprint density at radius 1 is 1.26 bits per heavy atom. The number of sulfonamides is 1. The number of halogens is 2. The lowest BCUT2D eigenvalue weighted by molar-refractivity contribution is 0.102. The molecule has 1 N–H and O–H groups in total. The van der Waals surface area contributed by atoms with Crippen molar-refractivity contribution in [3.8, 4) is 0 Å². The molecule has 0 aliphatic carbocycles. The normalized spacial score (nSPS) is 11.5. The molecule has 9 heteroatoms. The van der Waals surface area contributed by atoms with E-state index in [1.54, 1.807) is 12.1 Å². The molecule has 0 spiro atoms. The van der Waals surface area contributed by atoms with Crippen LogP contribution in [-0.2, 0) is 10.0 Å². The topological polar surface area (TPSA) is 79.4 Å². The molecule has 0 unspecified atom stereocenters. The van der Waals surface area contributed by atoms with Crippen molar-refractivity contribution in [3.05, 3.63) is 51.6 Å². The molecule has 0 aliphatic rings. The average molecular weight is 419 g/mol. The molecule has 0 atom stereocenters. The van der Waals surface area contributed by atoms with Crippen LogP contribution in [0.25, 0.3) is 0 Å². The highest BCUT2D eigenvalue weighted by Gasteiger charge is 2.21. The Balaban J connectivity index is 2.35. The summed E-state index contributed by atoms with van der Waals surface area (Å²) in [6.07, 6.45) is 1.53. The second-order valence-corrected chi connectivity index (χ2v) is 8.22. The van der Waals surface area contributed by atoms with Crippen LogP contribution in [0.2, 0.25) is 5.02 Å². The second kappa shape index (κ2) is 6.96. The maximum atomic E-state index is 12.3. The Hall–Kier alpha value is -1.48. The first-order valence-electron chi connectivity index (χ1n) is 6.37. The maximum Gasteiger partial charge on any atom is 0.258 e. The molecule has 0 saturated carbocycles. The fraction of sp³-hybridized carbons (Fsp3) is 0.143. The molecule has 0 bridgehead atoms. The molecule has 2 rings (SSSR count). The number of amides is 1. The van der Waals surface area contributed by atoms with Crippen LogP contribution in [0.3, 0.4) is 0 Å². The molecule has 1 heterocycles. The number of anilines is 1. The summed E-state index contributed by atoms with van der Waals surface area (Å²) in [5.74, 6) is -0.212. The molecule has 0 saturated heterocycles. The Labute approximate surface area is 147 Å². The van der Waals surface area contributed by atoms with E-state index in [0.29, 0.717) is 5.82 Å². The summed E-state index contributed by atoms with van der Waals surface area (Å²) in [4.78, 5) is 16.3. The van der Waals surface area contributed by atoms with Crippen molar-refractivity contribution in [3.63, 3.8) is 0 Å². The quantitative estimate of drug-likeness (QED) is 0.828. The van der Waals surface area contributed by atoms with Crippen LogP contribution >= 0.6 is 27.5 Å². The standard InChI is InChI=1S/C14H13BrClN3O3S/c1-19(2)23(21,22)10-4-5-12(16)11(7-10)14(20)18-13-6-3-9(15)8-17-13/h3-8H,1-2H3,(H,17,18,20). The van der Waals surface area contributed by atoms with Gasteiger partial charge in [-0.2, -0.15) is 0 Å². The Morgan fingerprint density at radius 2 is 1.96 bits per heavy atom. The van der Waals surface area contributed by atoms with Gasteiger partial charge in [-0.15, -0.1) is 0 Å². The number of aromatic nitrogens is 1. The van der Waals surface area contributed by atoms with E-state index in [4.69, 9.17) is 11.6 Å². The SMILES string of the molecule is CN(C)S(=O)(=O)c1ccc(Cl)c(C(=O)Nc2ccc(Br)cn2)c1. The Bertz CT molecular complexity index is 839. The number of benzene rings is 1. The van der Waals surface area contributed by atoms with Gasteiger partial charge in [-0.3, -0.25) is 4.79 Å². The van der Waals surface area contributed by atoms with Gasteiger partial charge in [0.1, 0.15) is 5.82 Å². The van der Waals surface area contributed by atoms with E-state index in [2.05, 4.69) is 26.2 Å². The number of hydrogen-bond donors (Lipinski definition) is 1. The predicted molar refractivity (Wildman–Crippen MR) is 92.2 cm³/mol. The lowest BCUT2D eigenvalue weighted by Gasteiger charge is -2.13. The molecule has 1 amide bonds. The van der Waals surface area contributed by atoms with Gasteiger partial charge < -0.3 is 5.32 Å². The summed E-state index contributed by atoms with van der Waals surface area (Å²) in [5.41, 5.74) is 0.0549. The average Bonchev–Trinajstić information content (AvgIpc) is 2.49. The zero-order valence-electron chi connectivity index (χ0n) is 12.2. The Morgan fingerprint density at radius 3 is 2.52 bits per heavy atom. The van der Waals surface area contributed by atoms with Crippen LogP contribution in [0.15, 0.2) is 45.9 Å². The first kappa shape index (κ1) is 17.9. The molecule has 23 heavy (non-hydrogen) atoms. The lowest BCUT2D eigenvalue weighted by atomic mass is 10.2. The third kappa shape index (κ3) is 4.08. The summed E-state index contributed by atoms with van der Waals surface area (Å²) < 4.78 is 26.1. The lowest BCUT2D eigenvalue weighted by Crippen LogP contribution is -2.23. The molecule has 2 aromatic rings. The molecule has 0 aliphatic heterocycles. The van der Waals surface area contributed by atoms with Gasteiger partial charge in [0.15, 0.2) is 0 Å². The molecular formula is C14H13BrClN3O3S. The van der Waals surface area contributed by atoms with Gasteiger partial charge in [0.2, 0.25) is 10.0 Å². The number of rotatable bonds is 4. The fourth-order valence-electron chi connectivity index (χ4n) is 1.68. The van der Waals surface area contributed by atoms with Crippen molar-refractivity contribution >= 4 is 49.3 Å². The highest BCUT2D eigenvalue weighted by molar-refractivity contribution is 9.10. The van der Waals surface area contributed by atoms with Crippen molar-refractivity contribution in [1.82, 2.24) is 9.29 Å². The van der Waals surface area contributed by atoms with Crippen LogP contribution in [0, 0.1) is 0 Å². The van der Waals surface area contributed by atoms with Crippen molar-refractivity contribution in [2.75, 3.05) is 19.4 Å². The molecule has 122 valence electrons. The summed E-state index contributed by atoms with van der Waals surface area (Å²) >= 11 is 9.26. The third-order valence-corrected chi connectivity index (χ3v) is 5.54.